The highest BCUT2D eigenvalue weighted by Gasteiger charge is 2.21. The summed E-state index contributed by atoms with van der Waals surface area (Å²) in [6.07, 6.45) is -0.199. The average molecular weight is 471 g/mol. The maximum atomic E-state index is 12.6. The number of amides is 1. The van der Waals surface area contributed by atoms with Gasteiger partial charge in [0, 0.05) is 12.2 Å². The summed E-state index contributed by atoms with van der Waals surface area (Å²) in [4.78, 5) is 33.3. The van der Waals surface area contributed by atoms with Gasteiger partial charge in [0.15, 0.2) is 5.13 Å². The van der Waals surface area contributed by atoms with E-state index in [-0.39, 0.29) is 32.5 Å². The Morgan fingerprint density at radius 3 is 2.60 bits per heavy atom. The van der Waals surface area contributed by atoms with Crippen LogP contribution in [0.2, 0.25) is 10.0 Å². The number of H-pyrrole nitrogens is 1. The number of anilines is 1. The maximum Gasteiger partial charge on any atom is 0.335 e. The number of aromatic carboxylic acids is 1. The zero-order valence-electron chi connectivity index (χ0n) is 16.7. The number of nitrogens with one attached hydrogen (secondary N) is 2. The second kappa shape index (κ2) is 8.81. The fourth-order valence-corrected chi connectivity index (χ4v) is 4.26. The van der Waals surface area contributed by atoms with Crippen molar-refractivity contribution in [2.45, 2.75) is 20.0 Å². The molecule has 0 fully saturated rings. The van der Waals surface area contributed by atoms with Crippen LogP contribution in [0.5, 0.6) is 5.75 Å². The van der Waals surface area contributed by atoms with E-state index < -0.39 is 11.9 Å². The number of carboxylic acid groups (broad SMARTS) is 1. The third-order valence-electron chi connectivity index (χ3n) is 4.16. The van der Waals surface area contributed by atoms with Crippen molar-refractivity contribution >= 4 is 61.8 Å². The molecule has 2 heterocycles. The second-order valence-electron chi connectivity index (χ2n) is 7.04. The van der Waals surface area contributed by atoms with E-state index in [9.17, 15) is 14.7 Å². The number of hydrogen-bond acceptors (Lipinski definition) is 6. The Balaban J connectivity index is 1.95. The van der Waals surface area contributed by atoms with Crippen LogP contribution < -0.4 is 10.1 Å². The van der Waals surface area contributed by atoms with Gasteiger partial charge < -0.3 is 19.7 Å². The molecule has 1 aromatic carbocycles. The molecule has 2 aromatic heterocycles. The van der Waals surface area contributed by atoms with Gasteiger partial charge in [0.1, 0.15) is 23.1 Å². The van der Waals surface area contributed by atoms with Gasteiger partial charge in [-0.05, 0) is 40.1 Å². The van der Waals surface area contributed by atoms with Crippen LogP contribution in [-0.4, -0.2) is 58.6 Å². The predicted molar refractivity (Wildman–Crippen MR) is 119 cm³/mol. The molecular weight excluding hydrogens is 451 g/mol. The van der Waals surface area contributed by atoms with Gasteiger partial charge in [0.25, 0.3) is 5.91 Å². The van der Waals surface area contributed by atoms with E-state index in [2.05, 4.69) is 15.3 Å². The van der Waals surface area contributed by atoms with Crippen molar-refractivity contribution in [1.29, 1.82) is 0 Å². The normalized spacial score (nSPS) is 12.4. The first-order chi connectivity index (χ1) is 14.1. The molecule has 11 heteroatoms. The minimum atomic E-state index is -1.08. The van der Waals surface area contributed by atoms with Gasteiger partial charge in [0.05, 0.1) is 20.3 Å². The van der Waals surface area contributed by atoms with Crippen molar-refractivity contribution in [1.82, 2.24) is 14.9 Å². The molecule has 0 aliphatic rings. The molecule has 1 amide bonds. The van der Waals surface area contributed by atoms with Crippen LogP contribution in [0.1, 0.15) is 33.5 Å². The molecule has 0 spiro atoms. The molecule has 0 aliphatic heterocycles. The number of carboxylic acids is 1. The molecule has 0 bridgehead atoms. The Bertz CT molecular complexity index is 1130. The fourth-order valence-electron chi connectivity index (χ4n) is 2.92. The molecule has 160 valence electrons. The van der Waals surface area contributed by atoms with Crippen molar-refractivity contribution in [3.63, 3.8) is 0 Å². The molecular formula is C19H20Cl2N4O4S. The van der Waals surface area contributed by atoms with Crippen molar-refractivity contribution in [3.8, 4) is 5.75 Å². The minimum absolute atomic E-state index is 0.0749. The number of ether oxygens (including phenoxy) is 1. The van der Waals surface area contributed by atoms with Gasteiger partial charge >= 0.3 is 5.97 Å². The largest absolute Gasteiger partial charge is 0.487 e. The summed E-state index contributed by atoms with van der Waals surface area (Å²) >= 11 is 13.3. The molecule has 30 heavy (non-hydrogen) atoms. The van der Waals surface area contributed by atoms with Gasteiger partial charge in [-0.25, -0.2) is 9.78 Å². The average Bonchev–Trinajstić information content (AvgIpc) is 3.16. The summed E-state index contributed by atoms with van der Waals surface area (Å²) in [5.41, 5.74) is 1.25. The molecule has 0 aliphatic carbocycles. The quantitative estimate of drug-likeness (QED) is 0.468. The number of rotatable bonds is 7. The molecule has 3 N–H and O–H groups in total. The van der Waals surface area contributed by atoms with E-state index >= 15 is 0 Å². The van der Waals surface area contributed by atoms with E-state index in [0.29, 0.717) is 28.2 Å². The first-order valence-corrected chi connectivity index (χ1v) is 10.5. The number of hydrogen-bond donors (Lipinski definition) is 3. The predicted octanol–water partition coefficient (Wildman–Crippen LogP) is 4.52. The standard InChI is InChI=1S/C19H20Cl2N4O4S/c1-8(7-25(3)4)29-11-5-10(18(27)28)6-12-15(11)23-19(30-12)24-17(26)16-14(21)13(20)9(2)22-16/h5-6,8,22H,7H2,1-4H3,(H,27,28)(H,23,24,26). The number of halogens is 2. The molecule has 1 atom stereocenters. The lowest BCUT2D eigenvalue weighted by Crippen LogP contribution is -2.28. The zero-order chi connectivity index (χ0) is 22.2. The number of carbonyl (C=O) groups excluding carboxylic acids is 1. The Hall–Kier alpha value is -2.33. The first-order valence-electron chi connectivity index (χ1n) is 8.91. The number of aromatic amines is 1. The van der Waals surface area contributed by atoms with Crippen molar-refractivity contribution in [3.05, 3.63) is 39.1 Å². The summed E-state index contributed by atoms with van der Waals surface area (Å²) in [6.45, 7) is 4.22. The van der Waals surface area contributed by atoms with Crippen LogP contribution in [0, 0.1) is 6.92 Å². The van der Waals surface area contributed by atoms with Crippen LogP contribution >= 0.6 is 34.5 Å². The number of carbonyl (C=O) groups is 2. The topological polar surface area (TPSA) is 108 Å². The first kappa shape index (κ1) is 22.4. The zero-order valence-corrected chi connectivity index (χ0v) is 19.0. The van der Waals surface area contributed by atoms with E-state index in [0.717, 1.165) is 11.3 Å². The number of aromatic nitrogens is 2. The van der Waals surface area contributed by atoms with Crippen LogP contribution in [0.25, 0.3) is 10.2 Å². The number of thiazole rings is 1. The molecule has 0 radical (unpaired) electrons. The van der Waals surface area contributed by atoms with Crippen LogP contribution in [0.4, 0.5) is 5.13 Å². The van der Waals surface area contributed by atoms with Gasteiger partial charge in [-0.3, -0.25) is 10.1 Å². The summed E-state index contributed by atoms with van der Waals surface area (Å²) < 4.78 is 6.53. The third-order valence-corrected chi connectivity index (χ3v) is 6.02. The number of aryl methyl sites for hydroxylation is 1. The van der Waals surface area contributed by atoms with Gasteiger partial charge in [-0.1, -0.05) is 34.5 Å². The van der Waals surface area contributed by atoms with Gasteiger partial charge in [-0.2, -0.15) is 0 Å². The molecule has 0 saturated carbocycles. The van der Waals surface area contributed by atoms with E-state index in [1.165, 1.54) is 12.1 Å². The molecule has 8 nitrogen and oxygen atoms in total. The Morgan fingerprint density at radius 1 is 1.33 bits per heavy atom. The number of fused-ring (bicyclic) bond motifs is 1. The Morgan fingerprint density at radius 2 is 2.03 bits per heavy atom. The third kappa shape index (κ3) is 4.70. The molecule has 1 unspecified atom stereocenters. The fraction of sp³-hybridized carbons (Fsp3) is 0.316. The van der Waals surface area contributed by atoms with Crippen molar-refractivity contribution < 1.29 is 19.4 Å². The van der Waals surface area contributed by atoms with Crippen LogP contribution in [-0.2, 0) is 0 Å². The minimum Gasteiger partial charge on any atom is -0.487 e. The highest BCUT2D eigenvalue weighted by molar-refractivity contribution is 7.22. The van der Waals surface area contributed by atoms with E-state index in [1.807, 2.05) is 25.9 Å². The van der Waals surface area contributed by atoms with E-state index in [4.69, 9.17) is 27.9 Å². The van der Waals surface area contributed by atoms with Crippen molar-refractivity contribution in [2.75, 3.05) is 26.0 Å². The Kier molecular flexibility index (Phi) is 6.56. The summed E-state index contributed by atoms with van der Waals surface area (Å²) in [6, 6.07) is 2.93. The monoisotopic (exact) mass is 470 g/mol. The number of nitrogens with zero attached hydrogens (tertiary/aromatic N) is 2. The SMILES string of the molecule is Cc1[nH]c(C(=O)Nc2nc3c(OC(C)CN(C)C)cc(C(=O)O)cc3s2)c(Cl)c1Cl. The summed E-state index contributed by atoms with van der Waals surface area (Å²) in [5, 5.41) is 12.8. The van der Waals surface area contributed by atoms with Crippen LogP contribution in [0.15, 0.2) is 12.1 Å². The molecule has 3 rings (SSSR count). The Labute approximate surface area is 186 Å². The van der Waals surface area contributed by atoms with E-state index in [1.54, 1.807) is 6.92 Å². The molecule has 3 aromatic rings. The maximum absolute atomic E-state index is 12.6. The van der Waals surface area contributed by atoms with Gasteiger partial charge in [0.2, 0.25) is 0 Å². The van der Waals surface area contributed by atoms with Crippen molar-refractivity contribution in [2.24, 2.45) is 0 Å². The highest BCUT2D eigenvalue weighted by atomic mass is 35.5. The highest BCUT2D eigenvalue weighted by Crippen LogP contribution is 2.35. The smallest absolute Gasteiger partial charge is 0.335 e. The lowest BCUT2D eigenvalue weighted by molar-refractivity contribution is 0.0696. The lowest BCUT2D eigenvalue weighted by Gasteiger charge is -2.19. The number of likely N-dealkylation sites (N-methyl/N-ethyl adjacent to an activating group) is 1. The summed E-state index contributed by atoms with van der Waals surface area (Å²) in [5.74, 6) is -1.24. The molecule has 0 saturated heterocycles. The lowest BCUT2D eigenvalue weighted by atomic mass is 10.2. The second-order valence-corrected chi connectivity index (χ2v) is 8.83. The number of benzene rings is 1. The summed E-state index contributed by atoms with van der Waals surface area (Å²) in [7, 11) is 3.83. The van der Waals surface area contributed by atoms with Crippen LogP contribution in [0.3, 0.4) is 0 Å². The van der Waals surface area contributed by atoms with Gasteiger partial charge in [-0.15, -0.1) is 0 Å².